The van der Waals surface area contributed by atoms with Gasteiger partial charge in [-0.25, -0.2) is 0 Å². The van der Waals surface area contributed by atoms with Crippen molar-refractivity contribution in [1.29, 1.82) is 0 Å². The molecule has 0 amide bonds. The normalized spacial score (nSPS) is 12.5. The van der Waals surface area contributed by atoms with Crippen LogP contribution >= 0.6 is 0 Å². The summed E-state index contributed by atoms with van der Waals surface area (Å²) in [6.07, 6.45) is 59.7. The van der Waals surface area contributed by atoms with Gasteiger partial charge in [-0.2, -0.15) is 0 Å². The molecule has 1 atom stereocenters. The molecule has 0 rings (SSSR count). The van der Waals surface area contributed by atoms with Crippen molar-refractivity contribution < 1.29 is 23.8 Å². The van der Waals surface area contributed by atoms with Gasteiger partial charge in [-0.1, -0.05) is 211 Å². The number of ether oxygens (including phenoxy) is 3. The molecule has 0 spiro atoms. The predicted octanol–water partition coefficient (Wildman–Crippen LogP) is 16.8. The van der Waals surface area contributed by atoms with Crippen LogP contribution < -0.4 is 0 Å². The Morgan fingerprint density at radius 3 is 1.26 bits per heavy atom. The Balaban J connectivity index is 4.21. The second-order valence-electron chi connectivity index (χ2n) is 16.7. The van der Waals surface area contributed by atoms with Crippen molar-refractivity contribution in [3.63, 3.8) is 0 Å². The first kappa shape index (κ1) is 55.9. The van der Waals surface area contributed by atoms with Crippen molar-refractivity contribution in [2.75, 3.05) is 19.8 Å². The van der Waals surface area contributed by atoms with E-state index in [9.17, 15) is 9.59 Å². The molecule has 0 aliphatic heterocycles. The van der Waals surface area contributed by atoms with E-state index in [1.807, 2.05) is 0 Å². The fraction of sp³-hybridized carbons (Fsp3) is 0.811. The molecule has 0 saturated carbocycles. The molecule has 0 aromatic carbocycles. The van der Waals surface area contributed by atoms with Gasteiger partial charge in [0.1, 0.15) is 6.61 Å². The molecular formula is C53H96O5. The van der Waals surface area contributed by atoms with Crippen LogP contribution in [0.2, 0.25) is 0 Å². The van der Waals surface area contributed by atoms with E-state index in [2.05, 4.69) is 69.4 Å². The zero-order chi connectivity index (χ0) is 42.1. The Kier molecular flexibility index (Phi) is 47.4. The minimum Gasteiger partial charge on any atom is -0.462 e. The highest BCUT2D eigenvalue weighted by Crippen LogP contribution is 2.14. The van der Waals surface area contributed by atoms with Crippen LogP contribution in [0.3, 0.4) is 0 Å². The Hall–Kier alpha value is -2.14. The number of unbranched alkanes of at least 4 members (excludes halogenated alkanes) is 27. The lowest BCUT2D eigenvalue weighted by Crippen LogP contribution is -2.30. The highest BCUT2D eigenvalue weighted by molar-refractivity contribution is 5.70. The Morgan fingerprint density at radius 1 is 0.379 bits per heavy atom. The summed E-state index contributed by atoms with van der Waals surface area (Å²) >= 11 is 0. The lowest BCUT2D eigenvalue weighted by molar-refractivity contribution is -0.163. The van der Waals surface area contributed by atoms with Gasteiger partial charge in [-0.05, 0) is 77.0 Å². The third kappa shape index (κ3) is 46.5. The summed E-state index contributed by atoms with van der Waals surface area (Å²) < 4.78 is 17.3. The molecule has 58 heavy (non-hydrogen) atoms. The van der Waals surface area contributed by atoms with Crippen LogP contribution in [-0.4, -0.2) is 37.9 Å². The summed E-state index contributed by atoms with van der Waals surface area (Å²) in [4.78, 5) is 25.3. The largest absolute Gasteiger partial charge is 0.462 e. The molecule has 0 radical (unpaired) electrons. The minimum atomic E-state index is -0.540. The zero-order valence-electron chi connectivity index (χ0n) is 38.8. The van der Waals surface area contributed by atoms with E-state index < -0.39 is 6.10 Å². The summed E-state index contributed by atoms with van der Waals surface area (Å²) in [6, 6.07) is 0. The van der Waals surface area contributed by atoms with Gasteiger partial charge in [-0.3, -0.25) is 9.59 Å². The highest BCUT2D eigenvalue weighted by Gasteiger charge is 2.17. The Bertz CT molecular complexity index is 966. The lowest BCUT2D eigenvalue weighted by atomic mass is 10.1. The van der Waals surface area contributed by atoms with Gasteiger partial charge in [0.05, 0.1) is 6.61 Å². The van der Waals surface area contributed by atoms with Gasteiger partial charge < -0.3 is 14.2 Å². The molecule has 0 heterocycles. The highest BCUT2D eigenvalue weighted by atomic mass is 16.6. The van der Waals surface area contributed by atoms with E-state index in [0.717, 1.165) is 64.2 Å². The number of esters is 2. The summed E-state index contributed by atoms with van der Waals surface area (Å²) in [7, 11) is 0. The number of allylic oxidation sites excluding steroid dienone is 8. The van der Waals surface area contributed by atoms with Crippen molar-refractivity contribution in [1.82, 2.24) is 0 Å². The quantitative estimate of drug-likeness (QED) is 0.0348. The molecule has 1 unspecified atom stereocenters. The van der Waals surface area contributed by atoms with Crippen LogP contribution in [0.25, 0.3) is 0 Å². The van der Waals surface area contributed by atoms with Gasteiger partial charge in [0.2, 0.25) is 0 Å². The summed E-state index contributed by atoms with van der Waals surface area (Å²) in [5, 5.41) is 0. The smallest absolute Gasteiger partial charge is 0.306 e. The monoisotopic (exact) mass is 813 g/mol. The number of carbonyl (C=O) groups excluding carboxylic acids is 2. The third-order valence-corrected chi connectivity index (χ3v) is 10.8. The standard InChI is InChI=1S/C53H96O5/c1-4-7-10-13-16-19-22-23-24-25-26-27-28-29-30-33-36-39-42-45-48-56-49-51(58-53(55)47-44-41-38-35-32-21-18-15-12-9-6-3)50-57-52(54)46-43-40-37-34-31-20-17-14-11-8-5-2/h14,16-17,19,23-24,26-27,51H,4-13,15,18,20-22,25,28-50H2,1-3H3/b17-14-,19-16-,24-23-,27-26-. The van der Waals surface area contributed by atoms with Gasteiger partial charge >= 0.3 is 11.9 Å². The van der Waals surface area contributed by atoms with Crippen LogP contribution in [0.1, 0.15) is 252 Å². The molecule has 338 valence electrons. The van der Waals surface area contributed by atoms with Crippen LogP contribution in [0.15, 0.2) is 48.6 Å². The molecule has 5 nitrogen and oxygen atoms in total. The average molecular weight is 813 g/mol. The van der Waals surface area contributed by atoms with E-state index >= 15 is 0 Å². The van der Waals surface area contributed by atoms with Crippen molar-refractivity contribution in [3.8, 4) is 0 Å². The fourth-order valence-electron chi connectivity index (χ4n) is 7.03. The SMILES string of the molecule is CCCC/C=C\CCCCCCCC(=O)OCC(COCCCCCCCCC/C=C\C/C=C\C/C=C\CCCCC)OC(=O)CCCCCCCCCCCCC. The number of hydrogen-bond donors (Lipinski definition) is 0. The van der Waals surface area contributed by atoms with E-state index in [1.165, 1.54) is 154 Å². The summed E-state index contributed by atoms with van der Waals surface area (Å²) in [5.41, 5.74) is 0. The Labute approximate surface area is 361 Å². The minimum absolute atomic E-state index is 0.0793. The fourth-order valence-corrected chi connectivity index (χ4v) is 7.03. The lowest BCUT2D eigenvalue weighted by Gasteiger charge is -2.18. The molecule has 0 saturated heterocycles. The van der Waals surface area contributed by atoms with E-state index in [-0.39, 0.29) is 25.2 Å². The van der Waals surface area contributed by atoms with Crippen molar-refractivity contribution in [2.24, 2.45) is 0 Å². The molecular weight excluding hydrogens is 717 g/mol. The topological polar surface area (TPSA) is 61.8 Å². The molecule has 0 N–H and O–H groups in total. The zero-order valence-corrected chi connectivity index (χ0v) is 38.8. The number of hydrogen-bond acceptors (Lipinski definition) is 5. The van der Waals surface area contributed by atoms with Gasteiger partial charge in [0, 0.05) is 19.4 Å². The van der Waals surface area contributed by atoms with Crippen LogP contribution in [0.5, 0.6) is 0 Å². The molecule has 0 fully saturated rings. The first-order chi connectivity index (χ1) is 28.6. The van der Waals surface area contributed by atoms with Crippen molar-refractivity contribution >= 4 is 11.9 Å². The molecule has 0 aromatic rings. The molecule has 0 aliphatic rings. The first-order valence-corrected chi connectivity index (χ1v) is 25.2. The third-order valence-electron chi connectivity index (χ3n) is 10.8. The number of carbonyl (C=O) groups is 2. The van der Waals surface area contributed by atoms with Crippen LogP contribution in [0, 0.1) is 0 Å². The second-order valence-corrected chi connectivity index (χ2v) is 16.7. The van der Waals surface area contributed by atoms with Gasteiger partial charge in [-0.15, -0.1) is 0 Å². The number of rotatable bonds is 46. The van der Waals surface area contributed by atoms with Crippen LogP contribution in [-0.2, 0) is 23.8 Å². The summed E-state index contributed by atoms with van der Waals surface area (Å²) in [5.74, 6) is -0.407. The predicted molar refractivity (Wildman–Crippen MR) is 251 cm³/mol. The maximum atomic E-state index is 12.7. The van der Waals surface area contributed by atoms with E-state index in [0.29, 0.717) is 19.4 Å². The molecule has 0 aliphatic carbocycles. The molecule has 0 bridgehead atoms. The van der Waals surface area contributed by atoms with Crippen LogP contribution in [0.4, 0.5) is 0 Å². The average Bonchev–Trinajstić information content (AvgIpc) is 3.22. The van der Waals surface area contributed by atoms with E-state index in [1.54, 1.807) is 0 Å². The van der Waals surface area contributed by atoms with Crippen molar-refractivity contribution in [2.45, 2.75) is 258 Å². The van der Waals surface area contributed by atoms with Gasteiger partial charge in [0.15, 0.2) is 6.10 Å². The molecule has 5 heteroatoms. The second kappa shape index (κ2) is 49.2. The van der Waals surface area contributed by atoms with E-state index in [4.69, 9.17) is 14.2 Å². The van der Waals surface area contributed by atoms with Crippen molar-refractivity contribution in [3.05, 3.63) is 48.6 Å². The maximum Gasteiger partial charge on any atom is 0.306 e. The maximum absolute atomic E-state index is 12.7. The molecule has 0 aromatic heterocycles. The first-order valence-electron chi connectivity index (χ1n) is 25.2. The summed E-state index contributed by atoms with van der Waals surface area (Å²) in [6.45, 7) is 7.75. The van der Waals surface area contributed by atoms with Gasteiger partial charge in [0.25, 0.3) is 0 Å². The Morgan fingerprint density at radius 2 is 0.741 bits per heavy atom.